The van der Waals surface area contributed by atoms with Crippen LogP contribution >= 0.6 is 0 Å². The Morgan fingerprint density at radius 1 is 1.00 bits per heavy atom. The molecule has 3 rings (SSSR count). The predicted octanol–water partition coefficient (Wildman–Crippen LogP) is 3.62. The van der Waals surface area contributed by atoms with E-state index in [-0.39, 0.29) is 5.56 Å². The number of nitrogens with zero attached hydrogens (tertiary/aromatic N) is 2. The highest BCUT2D eigenvalue weighted by Crippen LogP contribution is 2.14. The van der Waals surface area contributed by atoms with Crippen LogP contribution in [0.4, 0.5) is 20.3 Å². The minimum atomic E-state index is -1.07. The number of anilines is 2. The summed E-state index contributed by atoms with van der Waals surface area (Å²) >= 11 is 0. The van der Waals surface area contributed by atoms with Crippen molar-refractivity contribution in [2.24, 2.45) is 0 Å². The molecule has 1 aromatic carbocycles. The summed E-state index contributed by atoms with van der Waals surface area (Å²) in [6.07, 6.45) is 4.90. The smallest absolute Gasteiger partial charge is 0.255 e. The average molecular weight is 340 g/mol. The molecule has 0 unspecified atom stereocenters. The van der Waals surface area contributed by atoms with Gasteiger partial charge in [0.25, 0.3) is 5.91 Å². The first-order valence-corrected chi connectivity index (χ1v) is 7.47. The molecule has 25 heavy (non-hydrogen) atoms. The molecule has 0 spiro atoms. The third-order valence-corrected chi connectivity index (χ3v) is 3.43. The van der Waals surface area contributed by atoms with Gasteiger partial charge in [-0.15, -0.1) is 0 Å². The molecule has 126 valence electrons. The molecule has 0 radical (unpaired) electrons. The van der Waals surface area contributed by atoms with Crippen molar-refractivity contribution in [2.75, 3.05) is 10.6 Å². The molecule has 0 aliphatic carbocycles. The van der Waals surface area contributed by atoms with Crippen molar-refractivity contribution in [1.29, 1.82) is 0 Å². The monoisotopic (exact) mass is 340 g/mol. The van der Waals surface area contributed by atoms with Gasteiger partial charge in [-0.05, 0) is 48.0 Å². The van der Waals surface area contributed by atoms with Gasteiger partial charge in [0.2, 0.25) is 0 Å². The van der Waals surface area contributed by atoms with Crippen LogP contribution in [0.15, 0.2) is 61.1 Å². The number of nitrogens with one attached hydrogen (secondary N) is 2. The molecular formula is C18H14F2N4O. The maximum absolute atomic E-state index is 13.2. The fraction of sp³-hybridized carbons (Fsp3) is 0.0556. The molecule has 3 aromatic rings. The quantitative estimate of drug-likeness (QED) is 0.744. The third kappa shape index (κ3) is 4.35. The topological polar surface area (TPSA) is 66.9 Å². The van der Waals surface area contributed by atoms with E-state index in [1.807, 2.05) is 12.1 Å². The molecule has 2 N–H and O–H groups in total. The zero-order valence-electron chi connectivity index (χ0n) is 13.0. The number of carbonyl (C=O) groups excluding carboxylic acids is 1. The Bertz CT molecular complexity index is 870. The van der Waals surface area contributed by atoms with E-state index in [2.05, 4.69) is 20.6 Å². The van der Waals surface area contributed by atoms with Gasteiger partial charge in [0.15, 0.2) is 11.6 Å². The summed E-state index contributed by atoms with van der Waals surface area (Å²) in [4.78, 5) is 20.2. The second-order valence-corrected chi connectivity index (χ2v) is 5.22. The van der Waals surface area contributed by atoms with Crippen LogP contribution < -0.4 is 10.6 Å². The van der Waals surface area contributed by atoms with Crippen LogP contribution in [0.3, 0.4) is 0 Å². The highest BCUT2D eigenvalue weighted by Gasteiger charge is 2.10. The average Bonchev–Trinajstić information content (AvgIpc) is 2.64. The van der Waals surface area contributed by atoms with E-state index in [0.717, 1.165) is 17.7 Å². The van der Waals surface area contributed by atoms with Gasteiger partial charge < -0.3 is 10.6 Å². The maximum Gasteiger partial charge on any atom is 0.255 e. The molecular weight excluding hydrogens is 326 g/mol. The van der Waals surface area contributed by atoms with E-state index >= 15 is 0 Å². The SMILES string of the molecule is O=C(Nc1ccc(NCc2ccncc2)nc1)c1ccc(F)c(F)c1. The molecule has 0 aliphatic heterocycles. The number of halogens is 2. The van der Waals surface area contributed by atoms with Crippen LogP contribution in [0, 0.1) is 11.6 Å². The van der Waals surface area contributed by atoms with E-state index in [1.54, 1.807) is 24.5 Å². The summed E-state index contributed by atoms with van der Waals surface area (Å²) in [7, 11) is 0. The normalized spacial score (nSPS) is 10.3. The van der Waals surface area contributed by atoms with Crippen LogP contribution in [0.5, 0.6) is 0 Å². The van der Waals surface area contributed by atoms with Crippen molar-refractivity contribution in [3.8, 4) is 0 Å². The maximum atomic E-state index is 13.2. The lowest BCUT2D eigenvalue weighted by Gasteiger charge is -2.08. The fourth-order valence-corrected chi connectivity index (χ4v) is 2.11. The van der Waals surface area contributed by atoms with Crippen LogP contribution in [0.2, 0.25) is 0 Å². The Kier molecular flexibility index (Phi) is 4.94. The standard InChI is InChI=1S/C18H14F2N4O/c19-15-3-1-13(9-16(15)20)18(25)24-14-2-4-17(23-11-14)22-10-12-5-7-21-8-6-12/h1-9,11H,10H2,(H,22,23)(H,24,25). The largest absolute Gasteiger partial charge is 0.366 e. The lowest BCUT2D eigenvalue weighted by Crippen LogP contribution is -2.12. The van der Waals surface area contributed by atoms with Crippen LogP contribution in [-0.2, 0) is 6.54 Å². The number of pyridine rings is 2. The van der Waals surface area contributed by atoms with Crippen LogP contribution in [0.25, 0.3) is 0 Å². The number of aromatic nitrogens is 2. The molecule has 0 bridgehead atoms. The number of carbonyl (C=O) groups is 1. The van der Waals surface area contributed by atoms with Gasteiger partial charge in [0, 0.05) is 24.5 Å². The summed E-state index contributed by atoms with van der Waals surface area (Å²) in [6, 6.07) is 10.1. The summed E-state index contributed by atoms with van der Waals surface area (Å²) in [5.41, 5.74) is 1.54. The van der Waals surface area contributed by atoms with Gasteiger partial charge in [-0.1, -0.05) is 0 Å². The highest BCUT2D eigenvalue weighted by atomic mass is 19.2. The molecule has 2 aromatic heterocycles. The van der Waals surface area contributed by atoms with Crippen molar-refractivity contribution in [3.63, 3.8) is 0 Å². The second-order valence-electron chi connectivity index (χ2n) is 5.22. The van der Waals surface area contributed by atoms with E-state index in [0.29, 0.717) is 18.1 Å². The fourth-order valence-electron chi connectivity index (χ4n) is 2.11. The van der Waals surface area contributed by atoms with Gasteiger partial charge in [0.1, 0.15) is 5.82 Å². The summed E-state index contributed by atoms with van der Waals surface area (Å²) in [5, 5.41) is 5.72. The molecule has 0 aliphatic rings. The van der Waals surface area contributed by atoms with Gasteiger partial charge in [-0.2, -0.15) is 0 Å². The third-order valence-electron chi connectivity index (χ3n) is 3.43. The lowest BCUT2D eigenvalue weighted by atomic mass is 10.2. The molecule has 0 fully saturated rings. The van der Waals surface area contributed by atoms with E-state index < -0.39 is 17.5 Å². The van der Waals surface area contributed by atoms with Gasteiger partial charge in [-0.25, -0.2) is 13.8 Å². The van der Waals surface area contributed by atoms with Crippen LogP contribution in [0.1, 0.15) is 15.9 Å². The van der Waals surface area contributed by atoms with E-state index in [9.17, 15) is 13.6 Å². The Hall–Kier alpha value is -3.35. The molecule has 1 amide bonds. The number of amides is 1. The van der Waals surface area contributed by atoms with Crippen molar-refractivity contribution >= 4 is 17.4 Å². The molecule has 5 nitrogen and oxygen atoms in total. The Labute approximate surface area is 142 Å². The first-order valence-electron chi connectivity index (χ1n) is 7.47. The number of benzene rings is 1. The highest BCUT2D eigenvalue weighted by molar-refractivity contribution is 6.04. The Morgan fingerprint density at radius 2 is 1.80 bits per heavy atom. The number of rotatable bonds is 5. The van der Waals surface area contributed by atoms with Crippen molar-refractivity contribution in [1.82, 2.24) is 9.97 Å². The summed E-state index contributed by atoms with van der Waals surface area (Å²) in [5.74, 6) is -1.97. The first kappa shape index (κ1) is 16.5. The number of hydrogen-bond donors (Lipinski definition) is 2. The van der Waals surface area contributed by atoms with Crippen molar-refractivity contribution in [2.45, 2.75) is 6.54 Å². The summed E-state index contributed by atoms with van der Waals surface area (Å²) < 4.78 is 26.1. The van der Waals surface area contributed by atoms with Gasteiger partial charge in [0.05, 0.1) is 11.9 Å². The van der Waals surface area contributed by atoms with Crippen molar-refractivity contribution < 1.29 is 13.6 Å². The summed E-state index contributed by atoms with van der Waals surface area (Å²) in [6.45, 7) is 0.593. The number of hydrogen-bond acceptors (Lipinski definition) is 4. The van der Waals surface area contributed by atoms with Crippen molar-refractivity contribution in [3.05, 3.63) is 83.8 Å². The molecule has 0 atom stereocenters. The predicted molar refractivity (Wildman–Crippen MR) is 90.1 cm³/mol. The lowest BCUT2D eigenvalue weighted by molar-refractivity contribution is 0.102. The molecule has 0 saturated heterocycles. The zero-order chi connectivity index (χ0) is 17.6. The molecule has 0 saturated carbocycles. The van der Waals surface area contributed by atoms with E-state index in [1.165, 1.54) is 12.3 Å². The van der Waals surface area contributed by atoms with Gasteiger partial charge >= 0.3 is 0 Å². The minimum absolute atomic E-state index is 0.0267. The molecule has 7 heteroatoms. The minimum Gasteiger partial charge on any atom is -0.366 e. The Morgan fingerprint density at radius 3 is 2.48 bits per heavy atom. The first-order chi connectivity index (χ1) is 12.1. The Balaban J connectivity index is 1.60. The van der Waals surface area contributed by atoms with Gasteiger partial charge in [-0.3, -0.25) is 9.78 Å². The van der Waals surface area contributed by atoms with E-state index in [4.69, 9.17) is 0 Å². The molecule has 2 heterocycles. The zero-order valence-corrected chi connectivity index (χ0v) is 13.0. The van der Waals surface area contributed by atoms with Crippen LogP contribution in [-0.4, -0.2) is 15.9 Å². The second kappa shape index (κ2) is 7.48.